The van der Waals surface area contributed by atoms with Gasteiger partial charge in [0, 0.05) is 24.7 Å². The van der Waals surface area contributed by atoms with E-state index in [2.05, 4.69) is 16.4 Å². The van der Waals surface area contributed by atoms with Crippen LogP contribution in [0.2, 0.25) is 0 Å². The van der Waals surface area contributed by atoms with Crippen LogP contribution >= 0.6 is 0 Å². The second kappa shape index (κ2) is 7.64. The highest BCUT2D eigenvalue weighted by Gasteiger charge is 2.26. The predicted molar refractivity (Wildman–Crippen MR) is 107 cm³/mol. The number of fused-ring (bicyclic) bond motifs is 2. The average Bonchev–Trinajstić information content (AvgIpc) is 3.26. The molecule has 1 aromatic carbocycles. The molecule has 2 heterocycles. The molecule has 1 aliphatic rings. The lowest BCUT2D eigenvalue weighted by atomic mass is 10.1. The van der Waals surface area contributed by atoms with Gasteiger partial charge in [0.05, 0.1) is 18.2 Å². The molecule has 1 N–H and O–H groups in total. The fourth-order valence-corrected chi connectivity index (χ4v) is 3.87. The number of hydrogen-bond acceptors (Lipinski definition) is 4. The van der Waals surface area contributed by atoms with Gasteiger partial charge in [0.15, 0.2) is 0 Å². The van der Waals surface area contributed by atoms with E-state index in [4.69, 9.17) is 9.47 Å². The second-order valence-corrected chi connectivity index (χ2v) is 7.23. The molecule has 0 fully saturated rings. The van der Waals surface area contributed by atoms with Crippen LogP contribution in [0.25, 0.3) is 5.65 Å². The first kappa shape index (κ1) is 18.5. The first-order chi connectivity index (χ1) is 13.6. The van der Waals surface area contributed by atoms with Crippen molar-refractivity contribution in [3.05, 3.63) is 64.6 Å². The third-order valence-electron chi connectivity index (χ3n) is 5.24. The smallest absolute Gasteiger partial charge is 0.255 e. The average molecular weight is 379 g/mol. The van der Waals surface area contributed by atoms with Crippen LogP contribution in [0.5, 0.6) is 5.75 Å². The minimum Gasteiger partial charge on any atom is -0.491 e. The molecule has 4 rings (SSSR count). The van der Waals surface area contributed by atoms with Crippen molar-refractivity contribution in [2.75, 3.05) is 20.3 Å². The van der Waals surface area contributed by atoms with Gasteiger partial charge in [-0.25, -0.2) is 4.98 Å². The third kappa shape index (κ3) is 3.47. The Balaban J connectivity index is 1.55. The second-order valence-electron chi connectivity index (χ2n) is 7.23. The van der Waals surface area contributed by atoms with Crippen LogP contribution in [-0.2, 0) is 11.2 Å². The third-order valence-corrected chi connectivity index (χ3v) is 5.24. The molecule has 28 heavy (non-hydrogen) atoms. The maximum absolute atomic E-state index is 13.0. The molecular weight excluding hydrogens is 354 g/mol. The molecule has 3 aromatic rings. The normalized spacial score (nSPS) is 15.6. The molecule has 6 heteroatoms. The summed E-state index contributed by atoms with van der Waals surface area (Å²) in [6.07, 6.45) is 3.74. The Kier molecular flexibility index (Phi) is 5.05. The molecule has 1 amide bonds. The molecule has 1 unspecified atom stereocenters. The predicted octanol–water partition coefficient (Wildman–Crippen LogP) is 3.39. The topological polar surface area (TPSA) is 64.9 Å². The van der Waals surface area contributed by atoms with Gasteiger partial charge >= 0.3 is 0 Å². The molecule has 2 aromatic heterocycles. The molecule has 6 nitrogen and oxygen atoms in total. The van der Waals surface area contributed by atoms with Gasteiger partial charge in [-0.05, 0) is 62.1 Å². The number of nitrogens with one attached hydrogen (secondary N) is 1. The summed E-state index contributed by atoms with van der Waals surface area (Å²) in [7, 11) is 1.65. The van der Waals surface area contributed by atoms with Crippen LogP contribution < -0.4 is 10.1 Å². The first-order valence-corrected chi connectivity index (χ1v) is 9.57. The maximum atomic E-state index is 13.0. The Morgan fingerprint density at radius 3 is 2.93 bits per heavy atom. The van der Waals surface area contributed by atoms with Gasteiger partial charge in [-0.3, -0.25) is 4.79 Å². The quantitative estimate of drug-likeness (QED) is 0.667. The molecule has 0 saturated carbocycles. The number of ether oxygens (including phenoxy) is 2. The highest BCUT2D eigenvalue weighted by Crippen LogP contribution is 2.34. The van der Waals surface area contributed by atoms with Crippen molar-refractivity contribution in [2.24, 2.45) is 0 Å². The van der Waals surface area contributed by atoms with Crippen molar-refractivity contribution in [2.45, 2.75) is 32.7 Å². The summed E-state index contributed by atoms with van der Waals surface area (Å²) < 4.78 is 12.7. The molecular formula is C22H25N3O3. The Bertz CT molecular complexity index is 1030. The fourth-order valence-electron chi connectivity index (χ4n) is 3.87. The lowest BCUT2D eigenvalue weighted by molar-refractivity contribution is 0.0938. The number of hydrogen-bond donors (Lipinski definition) is 1. The summed E-state index contributed by atoms with van der Waals surface area (Å²) in [4.78, 5) is 17.6. The molecule has 1 aliphatic carbocycles. The number of carbonyl (C=O) groups excluding carboxylic acids is 1. The van der Waals surface area contributed by atoms with Crippen LogP contribution in [0, 0.1) is 13.8 Å². The van der Waals surface area contributed by atoms with Crippen LogP contribution in [0.15, 0.2) is 36.5 Å². The number of methoxy groups -OCH3 is 1. The summed E-state index contributed by atoms with van der Waals surface area (Å²) >= 11 is 0. The van der Waals surface area contributed by atoms with Crippen molar-refractivity contribution >= 4 is 11.6 Å². The monoisotopic (exact) mass is 379 g/mol. The SMILES string of the molecule is COCCOc1ccc2c(c1)C(NC(=O)c1ccn3c(C)cc(C)nc13)CC2. The van der Waals surface area contributed by atoms with E-state index in [-0.39, 0.29) is 11.9 Å². The number of aryl methyl sites for hydroxylation is 3. The Morgan fingerprint density at radius 2 is 2.11 bits per heavy atom. The Morgan fingerprint density at radius 1 is 1.25 bits per heavy atom. The minimum atomic E-state index is -0.0939. The van der Waals surface area contributed by atoms with Gasteiger partial charge in [-0.2, -0.15) is 0 Å². The van der Waals surface area contributed by atoms with E-state index in [0.717, 1.165) is 35.5 Å². The van der Waals surface area contributed by atoms with Gasteiger partial charge in [0.1, 0.15) is 18.0 Å². The largest absolute Gasteiger partial charge is 0.491 e. The molecule has 0 bridgehead atoms. The van der Waals surface area contributed by atoms with E-state index in [1.54, 1.807) is 7.11 Å². The number of rotatable bonds is 6. The van der Waals surface area contributed by atoms with Gasteiger partial charge in [-0.15, -0.1) is 0 Å². The molecule has 146 valence electrons. The van der Waals surface area contributed by atoms with Crippen LogP contribution in [-0.4, -0.2) is 35.6 Å². The van der Waals surface area contributed by atoms with Crippen molar-refractivity contribution in [3.8, 4) is 5.75 Å². The molecule has 0 aliphatic heterocycles. The first-order valence-electron chi connectivity index (χ1n) is 9.57. The fraction of sp³-hybridized carbons (Fsp3) is 0.364. The maximum Gasteiger partial charge on any atom is 0.255 e. The van der Waals surface area contributed by atoms with E-state index in [1.807, 2.05) is 48.7 Å². The summed E-state index contributed by atoms with van der Waals surface area (Å²) in [6.45, 7) is 5.01. The van der Waals surface area contributed by atoms with E-state index in [1.165, 1.54) is 5.56 Å². The molecule has 0 spiro atoms. The van der Waals surface area contributed by atoms with E-state index >= 15 is 0 Å². The lowest BCUT2D eigenvalue weighted by Gasteiger charge is -2.15. The Hall–Kier alpha value is -2.86. The van der Waals surface area contributed by atoms with Crippen LogP contribution in [0.3, 0.4) is 0 Å². The zero-order valence-electron chi connectivity index (χ0n) is 16.5. The number of aromatic nitrogens is 2. The van der Waals surface area contributed by atoms with E-state index in [0.29, 0.717) is 24.4 Å². The van der Waals surface area contributed by atoms with Crippen LogP contribution in [0.1, 0.15) is 45.3 Å². The molecule has 1 atom stereocenters. The van der Waals surface area contributed by atoms with Crippen molar-refractivity contribution in [1.82, 2.24) is 14.7 Å². The van der Waals surface area contributed by atoms with Gasteiger partial charge in [0.2, 0.25) is 0 Å². The zero-order chi connectivity index (χ0) is 19.7. The number of amides is 1. The van der Waals surface area contributed by atoms with Crippen molar-refractivity contribution < 1.29 is 14.3 Å². The van der Waals surface area contributed by atoms with Gasteiger partial charge in [0.25, 0.3) is 5.91 Å². The number of nitrogens with zero attached hydrogens (tertiary/aromatic N) is 2. The summed E-state index contributed by atoms with van der Waals surface area (Å²) in [5.74, 6) is 0.711. The van der Waals surface area contributed by atoms with Crippen molar-refractivity contribution in [3.63, 3.8) is 0 Å². The van der Waals surface area contributed by atoms with Gasteiger partial charge in [-0.1, -0.05) is 6.07 Å². The standard InChI is InChI=1S/C22H25N3O3/c1-14-12-15(2)25-9-8-18(21(25)23-14)22(26)24-20-7-5-16-4-6-17(13-19(16)20)28-11-10-27-3/h4,6,8-9,12-13,20H,5,7,10-11H2,1-3H3,(H,24,26). The minimum absolute atomic E-state index is 0.0191. The van der Waals surface area contributed by atoms with Crippen LogP contribution in [0.4, 0.5) is 0 Å². The number of carbonyl (C=O) groups is 1. The van der Waals surface area contributed by atoms with Crippen molar-refractivity contribution in [1.29, 1.82) is 0 Å². The van der Waals surface area contributed by atoms with Gasteiger partial charge < -0.3 is 19.2 Å². The summed E-state index contributed by atoms with van der Waals surface area (Å²) in [6, 6.07) is 9.93. The zero-order valence-corrected chi connectivity index (χ0v) is 16.5. The van der Waals surface area contributed by atoms with E-state index in [9.17, 15) is 4.79 Å². The number of benzene rings is 1. The summed E-state index contributed by atoms with van der Waals surface area (Å²) in [5, 5.41) is 3.19. The highest BCUT2D eigenvalue weighted by atomic mass is 16.5. The highest BCUT2D eigenvalue weighted by molar-refractivity contribution is 6.00. The lowest BCUT2D eigenvalue weighted by Crippen LogP contribution is -2.27. The molecule has 0 saturated heterocycles. The summed E-state index contributed by atoms with van der Waals surface area (Å²) in [5.41, 5.74) is 5.66. The Labute approximate surface area is 164 Å². The van der Waals surface area contributed by atoms with E-state index < -0.39 is 0 Å². The molecule has 0 radical (unpaired) electrons.